The van der Waals surface area contributed by atoms with Gasteiger partial charge in [-0.25, -0.2) is 8.42 Å². The van der Waals surface area contributed by atoms with E-state index in [0.29, 0.717) is 23.3 Å². The fourth-order valence-electron chi connectivity index (χ4n) is 4.65. The Hall–Kier alpha value is -2.78. The second kappa shape index (κ2) is 9.61. The van der Waals surface area contributed by atoms with Gasteiger partial charge in [-0.2, -0.15) is 4.31 Å². The number of non-ortho nitro benzene ring substituents is 1. The normalized spacial score (nSPS) is 16.4. The number of nitro groups is 1. The van der Waals surface area contributed by atoms with Crippen LogP contribution in [-0.2, 0) is 14.8 Å². The van der Waals surface area contributed by atoms with Crippen LogP contribution in [0.5, 0.6) is 0 Å². The number of nitro benzene ring substituents is 1. The van der Waals surface area contributed by atoms with Gasteiger partial charge in [0, 0.05) is 38.2 Å². The Kier molecular flexibility index (Phi) is 7.23. The summed E-state index contributed by atoms with van der Waals surface area (Å²) in [6, 6.07) is 9.70. The number of carbonyl (C=O) groups is 1. The molecule has 0 bridgehead atoms. The van der Waals surface area contributed by atoms with Crippen LogP contribution in [0, 0.1) is 36.8 Å². The fraction of sp³-hybridized carbons (Fsp3) is 0.458. The summed E-state index contributed by atoms with van der Waals surface area (Å²) in [4.78, 5) is 25.7. The smallest absolute Gasteiger partial charge is 0.269 e. The lowest BCUT2D eigenvalue weighted by Crippen LogP contribution is -2.44. The zero-order valence-electron chi connectivity index (χ0n) is 19.7. The topological polar surface area (TPSA) is 101 Å². The molecule has 1 fully saturated rings. The fourth-order valence-corrected chi connectivity index (χ4v) is 6.53. The monoisotopic (exact) mass is 473 g/mol. The number of sulfonamides is 1. The van der Waals surface area contributed by atoms with Crippen molar-refractivity contribution in [3.63, 3.8) is 0 Å². The highest BCUT2D eigenvalue weighted by atomic mass is 32.2. The molecule has 0 aromatic heterocycles. The van der Waals surface area contributed by atoms with Crippen LogP contribution in [0.3, 0.4) is 0 Å². The summed E-state index contributed by atoms with van der Waals surface area (Å²) in [5.41, 5.74) is 3.16. The summed E-state index contributed by atoms with van der Waals surface area (Å²) in [5, 5.41) is 11.1. The van der Waals surface area contributed by atoms with Gasteiger partial charge >= 0.3 is 0 Å². The van der Waals surface area contributed by atoms with E-state index in [1.165, 1.54) is 16.4 Å². The molecule has 1 aliphatic heterocycles. The van der Waals surface area contributed by atoms with Gasteiger partial charge in [-0.1, -0.05) is 29.8 Å². The third kappa shape index (κ3) is 5.09. The number of nitrogens with zero attached hydrogens (tertiary/aromatic N) is 3. The number of benzene rings is 2. The zero-order valence-corrected chi connectivity index (χ0v) is 20.6. The molecule has 2 aromatic carbocycles. The van der Waals surface area contributed by atoms with E-state index < -0.39 is 14.9 Å². The van der Waals surface area contributed by atoms with Crippen molar-refractivity contribution >= 4 is 21.6 Å². The molecule has 1 aliphatic rings. The van der Waals surface area contributed by atoms with Gasteiger partial charge in [0.05, 0.1) is 15.9 Å². The number of rotatable bonds is 6. The first kappa shape index (κ1) is 24.9. The lowest BCUT2D eigenvalue weighted by molar-refractivity contribution is -0.384. The number of aryl methyl sites for hydroxylation is 3. The van der Waals surface area contributed by atoms with Crippen LogP contribution in [0.25, 0.3) is 0 Å². The van der Waals surface area contributed by atoms with Gasteiger partial charge in [0.2, 0.25) is 15.9 Å². The molecule has 1 heterocycles. The molecule has 0 N–H and O–H groups in total. The number of hydrogen-bond acceptors (Lipinski definition) is 5. The summed E-state index contributed by atoms with van der Waals surface area (Å²) in [6.45, 7) is 7.97. The van der Waals surface area contributed by atoms with Crippen LogP contribution in [0.15, 0.2) is 41.3 Å². The summed E-state index contributed by atoms with van der Waals surface area (Å²) in [7, 11) is -1.95. The van der Waals surface area contributed by atoms with E-state index in [9.17, 15) is 23.3 Å². The molecule has 1 unspecified atom stereocenters. The van der Waals surface area contributed by atoms with Gasteiger partial charge in [-0.05, 0) is 57.2 Å². The molecule has 0 aliphatic carbocycles. The second-order valence-corrected chi connectivity index (χ2v) is 10.8. The van der Waals surface area contributed by atoms with Crippen molar-refractivity contribution < 1.29 is 18.1 Å². The van der Waals surface area contributed by atoms with Crippen molar-refractivity contribution in [3.8, 4) is 0 Å². The summed E-state index contributed by atoms with van der Waals surface area (Å²) < 4.78 is 28.1. The van der Waals surface area contributed by atoms with Crippen LogP contribution < -0.4 is 0 Å². The average molecular weight is 474 g/mol. The molecule has 0 spiro atoms. The summed E-state index contributed by atoms with van der Waals surface area (Å²) >= 11 is 0. The number of piperidine rings is 1. The van der Waals surface area contributed by atoms with E-state index >= 15 is 0 Å². The molecular formula is C24H31N3O5S. The Balaban J connectivity index is 1.70. The van der Waals surface area contributed by atoms with Gasteiger partial charge < -0.3 is 4.90 Å². The van der Waals surface area contributed by atoms with Crippen molar-refractivity contribution in [2.24, 2.45) is 5.92 Å². The summed E-state index contributed by atoms with van der Waals surface area (Å²) in [5.74, 6) is -0.364. The second-order valence-electron chi connectivity index (χ2n) is 8.88. The lowest BCUT2D eigenvalue weighted by Gasteiger charge is -2.35. The highest BCUT2D eigenvalue weighted by Crippen LogP contribution is 2.31. The van der Waals surface area contributed by atoms with E-state index in [4.69, 9.17) is 0 Å². The van der Waals surface area contributed by atoms with Gasteiger partial charge in [-0.3, -0.25) is 14.9 Å². The van der Waals surface area contributed by atoms with E-state index in [0.717, 1.165) is 16.7 Å². The number of carbonyl (C=O) groups excluding carboxylic acids is 1. The van der Waals surface area contributed by atoms with Crippen molar-refractivity contribution in [2.45, 2.75) is 51.5 Å². The average Bonchev–Trinajstić information content (AvgIpc) is 2.76. The maximum Gasteiger partial charge on any atom is 0.269 e. The first-order chi connectivity index (χ1) is 15.4. The third-order valence-electron chi connectivity index (χ3n) is 6.50. The molecule has 1 saturated heterocycles. The van der Waals surface area contributed by atoms with Gasteiger partial charge in [0.25, 0.3) is 5.69 Å². The minimum atomic E-state index is -3.64. The minimum absolute atomic E-state index is 0.0135. The van der Waals surface area contributed by atoms with Crippen LogP contribution in [0.4, 0.5) is 5.69 Å². The van der Waals surface area contributed by atoms with E-state index in [-0.39, 0.29) is 36.6 Å². The molecule has 33 heavy (non-hydrogen) atoms. The molecule has 2 aromatic rings. The van der Waals surface area contributed by atoms with Crippen molar-refractivity contribution in [3.05, 3.63) is 68.8 Å². The van der Waals surface area contributed by atoms with Crippen LogP contribution in [-0.4, -0.2) is 48.6 Å². The SMILES string of the molecule is Cc1cc(C)c(S(=O)(=O)N2CCC(C(=O)N(C)C(C)c3cccc([N+](=O)[O-])c3)CC2)c(C)c1. The highest BCUT2D eigenvalue weighted by Gasteiger charge is 2.35. The zero-order chi connectivity index (χ0) is 24.5. The predicted octanol–water partition coefficient (Wildman–Crippen LogP) is 4.14. The highest BCUT2D eigenvalue weighted by molar-refractivity contribution is 7.89. The lowest BCUT2D eigenvalue weighted by atomic mass is 9.95. The number of hydrogen-bond donors (Lipinski definition) is 0. The molecule has 8 nitrogen and oxygen atoms in total. The molecular weight excluding hydrogens is 442 g/mol. The largest absolute Gasteiger partial charge is 0.339 e. The standard InChI is InChI=1S/C24H31N3O5S/c1-16-13-17(2)23(18(3)14-16)33(31,32)26-11-9-20(10-12-26)24(28)25(5)19(4)21-7-6-8-22(15-21)27(29)30/h6-8,13-15,19-20H,9-12H2,1-5H3. The summed E-state index contributed by atoms with van der Waals surface area (Å²) in [6.07, 6.45) is 0.877. The first-order valence-electron chi connectivity index (χ1n) is 11.0. The van der Waals surface area contributed by atoms with Crippen LogP contribution in [0.2, 0.25) is 0 Å². The van der Waals surface area contributed by atoms with E-state index in [1.807, 2.05) is 39.8 Å². The van der Waals surface area contributed by atoms with E-state index in [1.54, 1.807) is 24.1 Å². The van der Waals surface area contributed by atoms with Crippen molar-refractivity contribution in [1.82, 2.24) is 9.21 Å². The van der Waals surface area contributed by atoms with Crippen molar-refractivity contribution in [2.75, 3.05) is 20.1 Å². The van der Waals surface area contributed by atoms with Crippen molar-refractivity contribution in [1.29, 1.82) is 0 Å². The van der Waals surface area contributed by atoms with Gasteiger partial charge in [0.1, 0.15) is 0 Å². The Morgan fingerprint density at radius 3 is 2.24 bits per heavy atom. The van der Waals surface area contributed by atoms with Crippen LogP contribution >= 0.6 is 0 Å². The molecule has 3 rings (SSSR count). The molecule has 0 radical (unpaired) electrons. The Morgan fingerprint density at radius 1 is 1.12 bits per heavy atom. The molecule has 1 atom stereocenters. The Labute approximate surface area is 195 Å². The van der Waals surface area contributed by atoms with Gasteiger partial charge in [-0.15, -0.1) is 0 Å². The maximum absolute atomic E-state index is 13.3. The first-order valence-corrected chi connectivity index (χ1v) is 12.5. The Bertz CT molecular complexity index is 1150. The molecule has 178 valence electrons. The maximum atomic E-state index is 13.3. The third-order valence-corrected chi connectivity index (χ3v) is 8.70. The minimum Gasteiger partial charge on any atom is -0.339 e. The number of amides is 1. The quantitative estimate of drug-likeness (QED) is 0.464. The molecule has 1 amide bonds. The van der Waals surface area contributed by atoms with Gasteiger partial charge in [0.15, 0.2) is 0 Å². The molecule has 0 saturated carbocycles. The molecule has 9 heteroatoms. The van der Waals surface area contributed by atoms with Crippen LogP contribution in [0.1, 0.15) is 48.1 Å². The van der Waals surface area contributed by atoms with E-state index in [2.05, 4.69) is 0 Å². The predicted molar refractivity (Wildman–Crippen MR) is 126 cm³/mol. The Morgan fingerprint density at radius 2 is 1.70 bits per heavy atom.